The highest BCUT2D eigenvalue weighted by Crippen LogP contribution is 2.26. The Labute approximate surface area is 141 Å². The highest BCUT2D eigenvalue weighted by atomic mass is 16.5. The van der Waals surface area contributed by atoms with E-state index in [0.717, 1.165) is 5.56 Å². The molecule has 0 aliphatic rings. The standard InChI is InChI=1S/C18H21NO5/c1-22-13-5-7-16(23-2)14(11-13)18(21)19-9-8-12-4-6-15(20)17(10-12)24-3/h4-7,10-11,20H,8-9H2,1-3H3,(H,19,21). The maximum atomic E-state index is 12.3. The van der Waals surface area contributed by atoms with Gasteiger partial charge in [-0.25, -0.2) is 0 Å². The summed E-state index contributed by atoms with van der Waals surface area (Å²) in [5.74, 6) is 1.33. The van der Waals surface area contributed by atoms with E-state index in [1.54, 1.807) is 43.5 Å². The normalized spacial score (nSPS) is 10.1. The van der Waals surface area contributed by atoms with Gasteiger partial charge in [0.25, 0.3) is 5.91 Å². The van der Waals surface area contributed by atoms with Crippen molar-refractivity contribution in [2.24, 2.45) is 0 Å². The van der Waals surface area contributed by atoms with Gasteiger partial charge in [-0.15, -0.1) is 0 Å². The first-order valence-corrected chi connectivity index (χ1v) is 7.45. The summed E-state index contributed by atoms with van der Waals surface area (Å²) in [5.41, 5.74) is 1.36. The third kappa shape index (κ3) is 4.10. The summed E-state index contributed by atoms with van der Waals surface area (Å²) in [6, 6.07) is 10.2. The molecule has 0 radical (unpaired) electrons. The van der Waals surface area contributed by atoms with Crippen LogP contribution >= 0.6 is 0 Å². The van der Waals surface area contributed by atoms with E-state index in [1.807, 2.05) is 0 Å². The molecule has 0 heterocycles. The number of amides is 1. The van der Waals surface area contributed by atoms with E-state index < -0.39 is 0 Å². The average Bonchev–Trinajstić information content (AvgIpc) is 2.62. The fourth-order valence-electron chi connectivity index (χ4n) is 2.28. The molecule has 0 saturated carbocycles. The molecule has 0 aliphatic heterocycles. The van der Waals surface area contributed by atoms with E-state index in [4.69, 9.17) is 14.2 Å². The molecule has 0 atom stereocenters. The predicted octanol–water partition coefficient (Wildman–Crippen LogP) is 2.39. The first kappa shape index (κ1) is 17.5. The first-order valence-electron chi connectivity index (χ1n) is 7.45. The average molecular weight is 331 g/mol. The fraction of sp³-hybridized carbons (Fsp3) is 0.278. The molecular formula is C18H21NO5. The summed E-state index contributed by atoms with van der Waals surface area (Å²) in [6.07, 6.45) is 0.606. The van der Waals surface area contributed by atoms with E-state index in [9.17, 15) is 9.90 Å². The third-order valence-corrected chi connectivity index (χ3v) is 3.59. The van der Waals surface area contributed by atoms with Gasteiger partial charge in [0.1, 0.15) is 11.5 Å². The lowest BCUT2D eigenvalue weighted by molar-refractivity contribution is 0.0950. The van der Waals surface area contributed by atoms with E-state index in [-0.39, 0.29) is 11.7 Å². The van der Waals surface area contributed by atoms with Gasteiger partial charge in [0.05, 0.1) is 26.9 Å². The lowest BCUT2D eigenvalue weighted by Gasteiger charge is -2.11. The third-order valence-electron chi connectivity index (χ3n) is 3.59. The molecule has 0 bridgehead atoms. The van der Waals surface area contributed by atoms with Crippen molar-refractivity contribution < 1.29 is 24.1 Å². The molecule has 2 rings (SSSR count). The van der Waals surface area contributed by atoms with Gasteiger partial charge < -0.3 is 24.6 Å². The molecule has 24 heavy (non-hydrogen) atoms. The van der Waals surface area contributed by atoms with Crippen molar-refractivity contribution in [2.75, 3.05) is 27.9 Å². The molecule has 0 saturated heterocycles. The van der Waals surface area contributed by atoms with Crippen molar-refractivity contribution in [1.82, 2.24) is 5.32 Å². The Balaban J connectivity index is 2.01. The molecule has 2 aromatic carbocycles. The Kier molecular flexibility index (Phi) is 5.89. The molecule has 0 aliphatic carbocycles. The molecule has 128 valence electrons. The van der Waals surface area contributed by atoms with E-state index in [2.05, 4.69) is 5.32 Å². The molecule has 6 heteroatoms. The zero-order valence-corrected chi connectivity index (χ0v) is 14.0. The number of hydrogen-bond donors (Lipinski definition) is 2. The number of benzene rings is 2. The van der Waals surface area contributed by atoms with Crippen molar-refractivity contribution in [3.63, 3.8) is 0 Å². The number of ether oxygens (including phenoxy) is 3. The highest BCUT2D eigenvalue weighted by Gasteiger charge is 2.13. The van der Waals surface area contributed by atoms with Gasteiger partial charge in [-0.1, -0.05) is 6.07 Å². The van der Waals surface area contributed by atoms with Crippen LogP contribution in [0.4, 0.5) is 0 Å². The monoisotopic (exact) mass is 331 g/mol. The molecule has 6 nitrogen and oxygen atoms in total. The van der Waals surface area contributed by atoms with Gasteiger partial charge in [0.15, 0.2) is 11.5 Å². The van der Waals surface area contributed by atoms with Crippen molar-refractivity contribution in [3.8, 4) is 23.0 Å². The Morgan fingerprint density at radius 3 is 2.42 bits per heavy atom. The summed E-state index contributed by atoms with van der Waals surface area (Å²) in [5, 5.41) is 12.4. The summed E-state index contributed by atoms with van der Waals surface area (Å²) < 4.78 is 15.4. The lowest BCUT2D eigenvalue weighted by Crippen LogP contribution is -2.26. The number of phenols is 1. The number of nitrogens with one attached hydrogen (secondary N) is 1. The number of methoxy groups -OCH3 is 3. The largest absolute Gasteiger partial charge is 0.504 e. The quantitative estimate of drug-likeness (QED) is 0.815. The number of aromatic hydroxyl groups is 1. The zero-order valence-electron chi connectivity index (χ0n) is 14.0. The Bertz CT molecular complexity index is 715. The van der Waals surface area contributed by atoms with Crippen LogP contribution in [0.5, 0.6) is 23.0 Å². The van der Waals surface area contributed by atoms with Gasteiger partial charge in [0, 0.05) is 6.54 Å². The van der Waals surface area contributed by atoms with Gasteiger partial charge in [0.2, 0.25) is 0 Å². The SMILES string of the molecule is COc1ccc(OC)c(C(=O)NCCc2ccc(O)c(OC)c2)c1. The highest BCUT2D eigenvalue weighted by molar-refractivity contribution is 5.97. The van der Waals surface area contributed by atoms with Gasteiger partial charge in [-0.05, 0) is 42.3 Å². The number of phenolic OH excluding ortho intramolecular Hbond substituents is 1. The van der Waals surface area contributed by atoms with Gasteiger partial charge in [-0.3, -0.25) is 4.79 Å². The van der Waals surface area contributed by atoms with E-state index in [0.29, 0.717) is 35.8 Å². The lowest BCUT2D eigenvalue weighted by atomic mass is 10.1. The van der Waals surface area contributed by atoms with Crippen LogP contribution in [0.3, 0.4) is 0 Å². The topological polar surface area (TPSA) is 77.0 Å². The maximum Gasteiger partial charge on any atom is 0.255 e. The van der Waals surface area contributed by atoms with Crippen molar-refractivity contribution in [1.29, 1.82) is 0 Å². The first-order chi connectivity index (χ1) is 11.6. The molecular weight excluding hydrogens is 310 g/mol. The number of carbonyl (C=O) groups is 1. The molecule has 1 amide bonds. The molecule has 2 aromatic rings. The number of carbonyl (C=O) groups excluding carboxylic acids is 1. The van der Waals surface area contributed by atoms with Crippen LogP contribution in [0, 0.1) is 0 Å². The minimum absolute atomic E-state index is 0.0893. The summed E-state index contributed by atoms with van der Waals surface area (Å²) in [7, 11) is 4.55. The number of rotatable bonds is 7. The summed E-state index contributed by atoms with van der Waals surface area (Å²) >= 11 is 0. The minimum Gasteiger partial charge on any atom is -0.504 e. The molecule has 0 fully saturated rings. The van der Waals surface area contributed by atoms with Gasteiger partial charge >= 0.3 is 0 Å². The van der Waals surface area contributed by atoms with Crippen LogP contribution in [0.15, 0.2) is 36.4 Å². The van der Waals surface area contributed by atoms with Crippen LogP contribution in [0.1, 0.15) is 15.9 Å². The number of hydrogen-bond acceptors (Lipinski definition) is 5. The zero-order chi connectivity index (χ0) is 17.5. The van der Waals surface area contributed by atoms with Crippen molar-refractivity contribution in [3.05, 3.63) is 47.5 Å². The second kappa shape index (κ2) is 8.10. The molecule has 2 N–H and O–H groups in total. The smallest absolute Gasteiger partial charge is 0.255 e. The van der Waals surface area contributed by atoms with Crippen LogP contribution in [0.2, 0.25) is 0 Å². The van der Waals surface area contributed by atoms with E-state index >= 15 is 0 Å². The summed E-state index contributed by atoms with van der Waals surface area (Å²) in [6.45, 7) is 0.438. The maximum absolute atomic E-state index is 12.3. The second-order valence-electron chi connectivity index (χ2n) is 5.08. The van der Waals surface area contributed by atoms with Crippen LogP contribution in [-0.4, -0.2) is 38.9 Å². The van der Waals surface area contributed by atoms with Crippen LogP contribution < -0.4 is 19.5 Å². The Hall–Kier alpha value is -2.89. The van der Waals surface area contributed by atoms with Crippen molar-refractivity contribution in [2.45, 2.75) is 6.42 Å². The minimum atomic E-state index is -0.239. The van der Waals surface area contributed by atoms with E-state index in [1.165, 1.54) is 14.2 Å². The second-order valence-corrected chi connectivity index (χ2v) is 5.08. The molecule has 0 unspecified atom stereocenters. The fourth-order valence-corrected chi connectivity index (χ4v) is 2.28. The molecule has 0 aromatic heterocycles. The predicted molar refractivity (Wildman–Crippen MR) is 90.2 cm³/mol. The van der Waals surface area contributed by atoms with Crippen molar-refractivity contribution >= 4 is 5.91 Å². The Morgan fingerprint density at radius 1 is 1.00 bits per heavy atom. The molecule has 0 spiro atoms. The van der Waals surface area contributed by atoms with Crippen LogP contribution in [-0.2, 0) is 6.42 Å². The van der Waals surface area contributed by atoms with Gasteiger partial charge in [-0.2, -0.15) is 0 Å². The van der Waals surface area contributed by atoms with Crippen LogP contribution in [0.25, 0.3) is 0 Å². The Morgan fingerprint density at radius 2 is 1.75 bits per heavy atom. The summed E-state index contributed by atoms with van der Waals surface area (Å²) in [4.78, 5) is 12.3.